The van der Waals surface area contributed by atoms with Crippen LogP contribution in [0.5, 0.6) is 0 Å². The summed E-state index contributed by atoms with van der Waals surface area (Å²) in [7, 11) is -2.17. The van der Waals surface area contributed by atoms with Crippen LogP contribution in [0.1, 0.15) is 15.9 Å². The third-order valence-corrected chi connectivity index (χ3v) is 8.13. The van der Waals surface area contributed by atoms with E-state index in [1.165, 1.54) is 23.1 Å². The van der Waals surface area contributed by atoms with E-state index in [-0.39, 0.29) is 10.1 Å². The van der Waals surface area contributed by atoms with Gasteiger partial charge in [0.15, 0.2) is 0 Å². The summed E-state index contributed by atoms with van der Waals surface area (Å²) in [5, 5.41) is 5.24. The van der Waals surface area contributed by atoms with Gasteiger partial charge in [-0.25, -0.2) is 9.18 Å². The highest BCUT2D eigenvalue weighted by Crippen LogP contribution is 2.30. The lowest BCUT2D eigenvalue weighted by molar-refractivity contribution is 0.0980. The zero-order valence-electron chi connectivity index (χ0n) is 17.2. The third kappa shape index (κ3) is 4.86. The fraction of sp³-hybridized carbons (Fsp3) is 0.143. The molecule has 0 fully saturated rings. The molecule has 3 aromatic rings. The number of nitrogens with zero attached hydrogens (tertiary/aromatic N) is 1. The molecule has 33 heavy (non-hydrogen) atoms. The van der Waals surface area contributed by atoms with Crippen molar-refractivity contribution in [3.63, 3.8) is 0 Å². The molecule has 3 amide bonds. The summed E-state index contributed by atoms with van der Waals surface area (Å²) in [6, 6.07) is 11.2. The lowest BCUT2D eigenvalue weighted by Crippen LogP contribution is -2.38. The predicted octanol–water partition coefficient (Wildman–Crippen LogP) is 4.85. The molecule has 1 atom stereocenters. The maximum absolute atomic E-state index is 14.2. The molecule has 0 aliphatic carbocycles. The van der Waals surface area contributed by atoms with E-state index in [0.29, 0.717) is 39.9 Å². The molecule has 2 heterocycles. The molecule has 2 aromatic carbocycles. The highest BCUT2D eigenvalue weighted by molar-refractivity contribution is 7.98. The molecule has 1 aliphatic heterocycles. The van der Waals surface area contributed by atoms with E-state index < -0.39 is 22.2 Å². The summed E-state index contributed by atoms with van der Waals surface area (Å²) in [6.07, 6.45) is 0.566. The molecular weight excluding hydrogens is 491 g/mol. The number of anilines is 3. The fourth-order valence-corrected chi connectivity index (χ4v) is 5.86. The van der Waals surface area contributed by atoms with Gasteiger partial charge in [-0.1, -0.05) is 22.9 Å². The van der Waals surface area contributed by atoms with Crippen molar-refractivity contribution in [1.82, 2.24) is 4.72 Å². The molecule has 1 unspecified atom stereocenters. The Kier molecular flexibility index (Phi) is 6.39. The van der Waals surface area contributed by atoms with E-state index in [4.69, 9.17) is 11.6 Å². The summed E-state index contributed by atoms with van der Waals surface area (Å²) in [5.41, 5.74) is 2.36. The fourth-order valence-electron chi connectivity index (χ4n) is 3.44. The first-order chi connectivity index (χ1) is 15.7. The van der Waals surface area contributed by atoms with Crippen molar-refractivity contribution >= 4 is 62.3 Å². The number of amides is 3. The highest BCUT2D eigenvalue weighted by atomic mass is 35.5. The Balaban J connectivity index is 1.44. The number of halogens is 2. The molecule has 1 aromatic heterocycles. The van der Waals surface area contributed by atoms with Crippen LogP contribution in [-0.2, 0) is 21.0 Å². The lowest BCUT2D eigenvalue weighted by atomic mass is 9.97. The van der Waals surface area contributed by atoms with Crippen LogP contribution < -0.4 is 20.3 Å². The second-order valence-corrected chi connectivity index (χ2v) is 10.8. The quantitative estimate of drug-likeness (QED) is 0.367. The molecule has 4 rings (SSSR count). The topological polar surface area (TPSA) is 111 Å². The largest absolute Gasteiger partial charge is 0.386 e. The van der Waals surface area contributed by atoms with E-state index in [9.17, 15) is 22.7 Å². The Bertz CT molecular complexity index is 1280. The van der Waals surface area contributed by atoms with E-state index in [0.717, 1.165) is 16.9 Å². The van der Waals surface area contributed by atoms with Gasteiger partial charge >= 0.3 is 16.4 Å². The number of urea groups is 1. The average molecular weight is 510 g/mol. The predicted molar refractivity (Wildman–Crippen MR) is 128 cm³/mol. The minimum atomic E-state index is -3.79. The van der Waals surface area contributed by atoms with Crippen molar-refractivity contribution in [1.29, 1.82) is 0 Å². The third-order valence-electron chi connectivity index (χ3n) is 5.03. The Labute approximate surface area is 199 Å². The van der Waals surface area contributed by atoms with Crippen LogP contribution in [-0.4, -0.2) is 30.1 Å². The van der Waals surface area contributed by atoms with Gasteiger partial charge in [0.05, 0.1) is 10.0 Å². The first-order valence-corrected chi connectivity index (χ1v) is 12.4. The molecule has 0 radical (unpaired) electrons. The van der Waals surface area contributed by atoms with Crippen LogP contribution in [0.4, 0.5) is 26.2 Å². The summed E-state index contributed by atoms with van der Waals surface area (Å²) < 4.78 is 38.9. The van der Waals surface area contributed by atoms with Crippen molar-refractivity contribution < 1.29 is 22.7 Å². The van der Waals surface area contributed by atoms with Crippen molar-refractivity contribution in [2.45, 2.75) is 10.6 Å². The van der Waals surface area contributed by atoms with Crippen LogP contribution in [0.2, 0.25) is 4.34 Å². The summed E-state index contributed by atoms with van der Waals surface area (Å²) in [6.45, 7) is 0.420. The number of fused-ring (bicyclic) bond motifs is 1. The minimum absolute atomic E-state index is 0.0279. The lowest BCUT2D eigenvalue weighted by Gasteiger charge is -2.29. The van der Waals surface area contributed by atoms with Crippen LogP contribution in [0.3, 0.4) is 0 Å². The van der Waals surface area contributed by atoms with E-state index >= 15 is 0 Å². The summed E-state index contributed by atoms with van der Waals surface area (Å²) >= 11 is 6.67. The second kappa shape index (κ2) is 9.10. The second-order valence-electron chi connectivity index (χ2n) is 7.13. The van der Waals surface area contributed by atoms with Crippen LogP contribution in [0, 0.1) is 5.82 Å². The van der Waals surface area contributed by atoms with Crippen molar-refractivity contribution in [2.75, 3.05) is 29.1 Å². The zero-order chi connectivity index (χ0) is 23.8. The molecular formula is C21H19ClFN4O4S2+. The molecule has 0 saturated carbocycles. The first-order valence-electron chi connectivity index (χ1n) is 9.71. The van der Waals surface area contributed by atoms with E-state index in [2.05, 4.69) is 10.6 Å². The summed E-state index contributed by atoms with van der Waals surface area (Å²) in [4.78, 5) is 26.6. The number of rotatable bonds is 5. The maximum Gasteiger partial charge on any atom is 0.363 e. The van der Waals surface area contributed by atoms with Crippen molar-refractivity contribution in [2.24, 2.45) is 0 Å². The molecule has 172 valence electrons. The maximum atomic E-state index is 14.2. The van der Waals surface area contributed by atoms with Gasteiger partial charge in [-0.2, -0.15) is 4.55 Å². The van der Waals surface area contributed by atoms with Crippen LogP contribution in [0.25, 0.3) is 0 Å². The zero-order valence-corrected chi connectivity index (χ0v) is 19.6. The Morgan fingerprint density at radius 2 is 1.94 bits per heavy atom. The van der Waals surface area contributed by atoms with Gasteiger partial charge in [0.25, 0.3) is 10.1 Å². The Morgan fingerprint density at radius 3 is 2.58 bits per heavy atom. The molecule has 0 saturated heterocycles. The molecule has 0 spiro atoms. The molecule has 0 bridgehead atoms. The SMILES string of the molecule is CNc1cc2c(cc1F)C(=O)N(c1ccc(NC(=O)N[S+](=O)(O)c3ccc(Cl)s3)cc1)CC2. The molecule has 4 N–H and O–H groups in total. The molecule has 1 aliphatic rings. The van der Waals surface area contributed by atoms with Crippen molar-refractivity contribution in [3.05, 3.63) is 69.8 Å². The number of carbonyl (C=O) groups excluding carboxylic acids is 2. The number of thiophene rings is 1. The number of hydrogen-bond donors (Lipinski definition) is 4. The van der Waals surface area contributed by atoms with Crippen LogP contribution in [0.15, 0.2) is 52.7 Å². The van der Waals surface area contributed by atoms with Crippen LogP contribution >= 0.6 is 22.9 Å². The van der Waals surface area contributed by atoms with Gasteiger partial charge in [-0.05, 0) is 58.7 Å². The Morgan fingerprint density at radius 1 is 1.21 bits per heavy atom. The van der Waals surface area contributed by atoms with E-state index in [1.807, 2.05) is 4.72 Å². The first kappa shape index (κ1) is 23.2. The van der Waals surface area contributed by atoms with Gasteiger partial charge in [-0.15, -0.1) is 4.72 Å². The van der Waals surface area contributed by atoms with E-state index in [1.54, 1.807) is 37.4 Å². The van der Waals surface area contributed by atoms with Gasteiger partial charge in [0.2, 0.25) is 0 Å². The van der Waals surface area contributed by atoms with Gasteiger partial charge in [0, 0.05) is 36.6 Å². The Hall–Kier alpha value is -2.99. The van der Waals surface area contributed by atoms with Gasteiger partial charge in [0.1, 0.15) is 5.82 Å². The average Bonchev–Trinajstić information content (AvgIpc) is 3.22. The summed E-state index contributed by atoms with van der Waals surface area (Å²) in [5.74, 6) is -0.812. The smallest absolute Gasteiger partial charge is 0.363 e. The standard InChI is InChI=1S/C21H18ClFN4O4S2/c1-24-17-10-12-8-9-27(20(28)15(12)11-16(17)23)14-4-2-13(3-5-14)25-21(29)26-33(30,31)19-7-6-18(22)32-19/h2-7,10-11H,8-9H2,1H3,(H3-,24,25,26,28,29,30,31)/p+1. The van der Waals surface area contributed by atoms with Gasteiger partial charge < -0.3 is 15.5 Å². The number of nitrogens with one attached hydrogen (secondary N) is 3. The minimum Gasteiger partial charge on any atom is -0.386 e. The monoisotopic (exact) mass is 509 g/mol. The van der Waals surface area contributed by atoms with Gasteiger partial charge in [-0.3, -0.25) is 4.79 Å². The number of benzene rings is 2. The highest BCUT2D eigenvalue weighted by Gasteiger charge is 2.34. The van der Waals surface area contributed by atoms with Crippen molar-refractivity contribution in [3.8, 4) is 0 Å². The normalized spacial score (nSPS) is 14.9. The molecule has 12 heteroatoms. The number of carbonyl (C=O) groups is 2. The molecule has 8 nitrogen and oxygen atoms in total. The number of hydrogen-bond acceptors (Lipinski definition) is 5.